The number of nitrogens with zero attached hydrogens (tertiary/aromatic N) is 1. The summed E-state index contributed by atoms with van der Waals surface area (Å²) in [7, 11) is -3.58. The van der Waals surface area contributed by atoms with Gasteiger partial charge in [-0.2, -0.15) is 4.31 Å². The standard InChI is InChI=1S/C13H19FN2O2S/c1-10-9-11(14)5-6-13(10)19(17,18)16(8-7-15)12-3-2-4-12/h5-6,9,12H,2-4,7-8,15H2,1H3. The summed E-state index contributed by atoms with van der Waals surface area (Å²) in [4.78, 5) is 0.175. The quantitative estimate of drug-likeness (QED) is 0.895. The number of rotatable bonds is 5. The predicted octanol–water partition coefficient (Wildman–Crippen LogP) is 1.64. The minimum absolute atomic E-state index is 0.0398. The van der Waals surface area contributed by atoms with E-state index in [9.17, 15) is 12.8 Å². The van der Waals surface area contributed by atoms with E-state index in [1.54, 1.807) is 6.92 Å². The Balaban J connectivity index is 2.38. The Kier molecular flexibility index (Phi) is 4.23. The molecule has 1 fully saturated rings. The summed E-state index contributed by atoms with van der Waals surface area (Å²) in [5.74, 6) is -0.425. The molecule has 0 amide bonds. The lowest BCUT2D eigenvalue weighted by atomic mass is 9.93. The molecule has 106 valence electrons. The second kappa shape index (κ2) is 5.56. The van der Waals surface area contributed by atoms with Crippen LogP contribution in [0.15, 0.2) is 23.1 Å². The van der Waals surface area contributed by atoms with Gasteiger partial charge >= 0.3 is 0 Å². The van der Waals surface area contributed by atoms with Gasteiger partial charge in [0.1, 0.15) is 5.82 Å². The van der Waals surface area contributed by atoms with Crippen LogP contribution in [0.25, 0.3) is 0 Å². The molecule has 0 aliphatic heterocycles. The number of sulfonamides is 1. The third-order valence-corrected chi connectivity index (χ3v) is 5.67. The molecule has 1 saturated carbocycles. The summed E-state index contributed by atoms with van der Waals surface area (Å²) in [5, 5.41) is 0. The van der Waals surface area contributed by atoms with Crippen LogP contribution < -0.4 is 5.73 Å². The SMILES string of the molecule is Cc1cc(F)ccc1S(=O)(=O)N(CCN)C1CCC1. The minimum Gasteiger partial charge on any atom is -0.329 e. The lowest BCUT2D eigenvalue weighted by molar-refractivity contribution is 0.223. The van der Waals surface area contributed by atoms with Crippen molar-refractivity contribution in [3.8, 4) is 0 Å². The van der Waals surface area contributed by atoms with Gasteiger partial charge in [0.2, 0.25) is 10.0 Å². The molecule has 1 aromatic rings. The average Bonchev–Trinajstić information content (AvgIpc) is 2.25. The van der Waals surface area contributed by atoms with Crippen LogP contribution in [0.4, 0.5) is 4.39 Å². The molecular weight excluding hydrogens is 267 g/mol. The Bertz CT molecular complexity index is 556. The number of aryl methyl sites for hydroxylation is 1. The fraction of sp³-hybridized carbons (Fsp3) is 0.538. The lowest BCUT2D eigenvalue weighted by Gasteiger charge is -2.36. The van der Waals surface area contributed by atoms with Crippen LogP contribution in [0, 0.1) is 12.7 Å². The van der Waals surface area contributed by atoms with E-state index in [2.05, 4.69) is 0 Å². The van der Waals surface area contributed by atoms with Crippen molar-refractivity contribution in [2.75, 3.05) is 13.1 Å². The molecule has 0 heterocycles. The van der Waals surface area contributed by atoms with Crippen LogP contribution in [-0.2, 0) is 10.0 Å². The molecule has 0 bridgehead atoms. The Hall–Kier alpha value is -0.980. The summed E-state index contributed by atoms with van der Waals surface area (Å²) in [5.41, 5.74) is 5.95. The molecule has 1 aliphatic carbocycles. The summed E-state index contributed by atoms with van der Waals surface area (Å²) in [6.45, 7) is 2.21. The van der Waals surface area contributed by atoms with E-state index in [0.29, 0.717) is 12.1 Å². The van der Waals surface area contributed by atoms with Crippen molar-refractivity contribution in [3.63, 3.8) is 0 Å². The van der Waals surface area contributed by atoms with Gasteiger partial charge in [-0.25, -0.2) is 12.8 Å². The molecule has 2 N–H and O–H groups in total. The maximum Gasteiger partial charge on any atom is 0.243 e. The van der Waals surface area contributed by atoms with E-state index >= 15 is 0 Å². The first-order valence-corrected chi connectivity index (χ1v) is 7.89. The highest BCUT2D eigenvalue weighted by Gasteiger charge is 2.34. The van der Waals surface area contributed by atoms with Crippen LogP contribution in [0.3, 0.4) is 0 Å². The van der Waals surface area contributed by atoms with Crippen molar-refractivity contribution in [1.82, 2.24) is 4.31 Å². The third-order valence-electron chi connectivity index (χ3n) is 3.56. The van der Waals surface area contributed by atoms with Crippen LogP contribution >= 0.6 is 0 Å². The summed E-state index contributed by atoms with van der Waals surface area (Å²) in [6, 6.07) is 3.80. The highest BCUT2D eigenvalue weighted by Crippen LogP contribution is 2.30. The molecule has 0 unspecified atom stereocenters. The van der Waals surface area contributed by atoms with Crippen molar-refractivity contribution < 1.29 is 12.8 Å². The first-order chi connectivity index (χ1) is 8.96. The zero-order valence-electron chi connectivity index (χ0n) is 11.0. The smallest absolute Gasteiger partial charge is 0.243 e. The molecule has 0 aromatic heterocycles. The van der Waals surface area contributed by atoms with Crippen molar-refractivity contribution >= 4 is 10.0 Å². The van der Waals surface area contributed by atoms with Crippen LogP contribution in [-0.4, -0.2) is 31.9 Å². The number of hydrogen-bond donors (Lipinski definition) is 1. The minimum atomic E-state index is -3.58. The van der Waals surface area contributed by atoms with E-state index in [0.717, 1.165) is 19.3 Å². The maximum atomic E-state index is 13.1. The van der Waals surface area contributed by atoms with Gasteiger partial charge < -0.3 is 5.73 Å². The molecule has 0 spiro atoms. The van der Waals surface area contributed by atoms with Gasteiger partial charge in [-0.1, -0.05) is 6.42 Å². The van der Waals surface area contributed by atoms with E-state index in [-0.39, 0.29) is 17.5 Å². The van der Waals surface area contributed by atoms with Gasteiger partial charge in [-0.3, -0.25) is 0 Å². The van der Waals surface area contributed by atoms with E-state index in [1.807, 2.05) is 0 Å². The fourth-order valence-electron chi connectivity index (χ4n) is 2.33. The Morgan fingerprint density at radius 1 is 1.42 bits per heavy atom. The molecule has 4 nitrogen and oxygen atoms in total. The largest absolute Gasteiger partial charge is 0.329 e. The Morgan fingerprint density at radius 2 is 2.11 bits per heavy atom. The molecule has 6 heteroatoms. The normalized spacial score (nSPS) is 16.6. The number of nitrogens with two attached hydrogens (primary N) is 1. The summed E-state index contributed by atoms with van der Waals surface area (Å²) in [6.07, 6.45) is 2.79. The number of hydrogen-bond acceptors (Lipinski definition) is 3. The van der Waals surface area contributed by atoms with E-state index in [1.165, 1.54) is 22.5 Å². The van der Waals surface area contributed by atoms with Crippen molar-refractivity contribution in [3.05, 3.63) is 29.6 Å². The molecule has 2 rings (SSSR count). The predicted molar refractivity (Wildman–Crippen MR) is 71.7 cm³/mol. The Labute approximate surface area is 113 Å². The first kappa shape index (κ1) is 14.4. The number of benzene rings is 1. The summed E-state index contributed by atoms with van der Waals surface area (Å²) < 4.78 is 39.8. The topological polar surface area (TPSA) is 63.4 Å². The maximum absolute atomic E-state index is 13.1. The molecule has 0 atom stereocenters. The average molecular weight is 286 g/mol. The zero-order valence-corrected chi connectivity index (χ0v) is 11.8. The van der Waals surface area contributed by atoms with Gasteiger partial charge in [0.25, 0.3) is 0 Å². The van der Waals surface area contributed by atoms with Crippen LogP contribution in [0.5, 0.6) is 0 Å². The summed E-state index contributed by atoms with van der Waals surface area (Å²) >= 11 is 0. The molecule has 0 radical (unpaired) electrons. The second-order valence-corrected chi connectivity index (χ2v) is 6.76. The van der Waals surface area contributed by atoms with Crippen LogP contribution in [0.1, 0.15) is 24.8 Å². The monoisotopic (exact) mass is 286 g/mol. The number of halogens is 1. The first-order valence-electron chi connectivity index (χ1n) is 6.45. The third kappa shape index (κ3) is 2.80. The molecule has 1 aliphatic rings. The molecule has 1 aromatic carbocycles. The van der Waals surface area contributed by atoms with Gasteiger partial charge in [-0.15, -0.1) is 0 Å². The van der Waals surface area contributed by atoms with Crippen molar-refractivity contribution in [2.24, 2.45) is 5.73 Å². The zero-order chi connectivity index (χ0) is 14.0. The Morgan fingerprint density at radius 3 is 2.58 bits per heavy atom. The lowest BCUT2D eigenvalue weighted by Crippen LogP contribution is -2.46. The van der Waals surface area contributed by atoms with Gasteiger partial charge in [0.15, 0.2) is 0 Å². The van der Waals surface area contributed by atoms with E-state index in [4.69, 9.17) is 5.73 Å². The molecule has 19 heavy (non-hydrogen) atoms. The van der Waals surface area contributed by atoms with Crippen molar-refractivity contribution in [2.45, 2.75) is 37.1 Å². The van der Waals surface area contributed by atoms with Gasteiger partial charge in [0, 0.05) is 19.1 Å². The van der Waals surface area contributed by atoms with Gasteiger partial charge in [0.05, 0.1) is 4.90 Å². The van der Waals surface area contributed by atoms with Crippen molar-refractivity contribution in [1.29, 1.82) is 0 Å². The fourth-order valence-corrected chi connectivity index (χ4v) is 4.24. The van der Waals surface area contributed by atoms with E-state index < -0.39 is 15.8 Å². The second-order valence-electron chi connectivity index (χ2n) is 4.90. The van der Waals surface area contributed by atoms with Gasteiger partial charge in [-0.05, 0) is 43.5 Å². The highest BCUT2D eigenvalue weighted by molar-refractivity contribution is 7.89. The molecular formula is C13H19FN2O2S. The highest BCUT2D eigenvalue weighted by atomic mass is 32.2. The van der Waals surface area contributed by atoms with Crippen LogP contribution in [0.2, 0.25) is 0 Å². The molecule has 0 saturated heterocycles.